The molecule has 0 aliphatic carbocycles. The molecule has 3 fully saturated rings. The second-order valence-electron chi connectivity index (χ2n) is 24.4. The molecule has 9 rings (SSSR count). The number of nitrogens with one attached hydrogen (secondary N) is 5. The van der Waals surface area contributed by atoms with E-state index in [4.69, 9.17) is 68.0 Å². The third-order valence-electron chi connectivity index (χ3n) is 15.4. The summed E-state index contributed by atoms with van der Waals surface area (Å²) in [6, 6.07) is 17.1. The van der Waals surface area contributed by atoms with Crippen molar-refractivity contribution in [2.24, 2.45) is 23.7 Å². The molecule has 3 aliphatic heterocycles. The molecule has 104 heavy (non-hydrogen) atoms. The SMILES string of the molecule is CC(C)C(=O)OC[C@@]1(CCl)O[C@@H](n2cc(F)c(NC(=O)c3ccccc3)nc2=O)[C@H](F)[C@@H]1OC(=O)C(C)C.CC(C)C(=O)OC[C@@]1(CCl)O[C@@H](n2ccc(=O)[nH]c2=O)[C@H](F)[C@@H]1OC(=O)C(C)C.O=C(Nc1[nH]c(=O)ncc1F)c1ccccc1.O=c1[nH]c(=O)n([C@@H]2O[C@@](CO)(CCl)[C@@H](O)[C@H]2F)cc1F. The number of aromatic amines is 3. The van der Waals surface area contributed by atoms with Gasteiger partial charge >= 0.3 is 46.6 Å². The van der Waals surface area contributed by atoms with Gasteiger partial charge < -0.3 is 54.0 Å². The molecular weight excluding hydrogens is 1470 g/mol. The van der Waals surface area contributed by atoms with Gasteiger partial charge in [-0.25, -0.2) is 41.1 Å². The summed E-state index contributed by atoms with van der Waals surface area (Å²) in [6.07, 6.45) is -13.7. The van der Waals surface area contributed by atoms with Crippen LogP contribution in [0.5, 0.6) is 0 Å². The van der Waals surface area contributed by atoms with Crippen LogP contribution in [-0.4, -0.2) is 176 Å². The third-order valence-corrected chi connectivity index (χ3v) is 16.7. The molecule has 0 spiro atoms. The van der Waals surface area contributed by atoms with E-state index in [1.165, 1.54) is 26.0 Å². The number of aliphatic hydroxyl groups excluding tert-OH is 2. The molecule has 40 heteroatoms. The molecule has 2 aromatic carbocycles. The molecule has 7 heterocycles. The molecule has 0 radical (unpaired) electrons. The molecule has 0 saturated carbocycles. The van der Waals surface area contributed by atoms with Crippen molar-refractivity contribution >= 4 is 82.1 Å². The predicted molar refractivity (Wildman–Crippen MR) is 354 cm³/mol. The van der Waals surface area contributed by atoms with Gasteiger partial charge in [0.2, 0.25) is 5.82 Å². The number of nitrogens with zero attached hydrogens (tertiary/aromatic N) is 5. The van der Waals surface area contributed by atoms with E-state index in [0.29, 0.717) is 27.1 Å². The minimum Gasteiger partial charge on any atom is -0.462 e. The fourth-order valence-corrected chi connectivity index (χ4v) is 10.4. The maximum Gasteiger partial charge on any atom is 0.351 e. The summed E-state index contributed by atoms with van der Waals surface area (Å²) < 4.78 is 126. The van der Waals surface area contributed by atoms with E-state index in [1.807, 2.05) is 4.98 Å². The van der Waals surface area contributed by atoms with Crippen molar-refractivity contribution in [1.29, 1.82) is 0 Å². The topological polar surface area (TPSA) is 422 Å². The summed E-state index contributed by atoms with van der Waals surface area (Å²) in [5.74, 6) is -11.7. The Hall–Kier alpha value is -9.37. The molecule has 12 atom stereocenters. The lowest BCUT2D eigenvalue weighted by Gasteiger charge is -2.32. The minimum atomic E-state index is -2.22. The van der Waals surface area contributed by atoms with Crippen molar-refractivity contribution in [2.75, 3.05) is 48.1 Å². The summed E-state index contributed by atoms with van der Waals surface area (Å²) in [5, 5.41) is 23.4. The zero-order valence-electron chi connectivity index (χ0n) is 56.2. The quantitative estimate of drug-likeness (QED) is 0.0227. The fraction of sp³-hybridized carbons (Fsp3) is 0.469. The Morgan fingerprint density at radius 2 is 1.00 bits per heavy atom. The van der Waals surface area contributed by atoms with E-state index >= 15 is 8.78 Å². The van der Waals surface area contributed by atoms with Crippen LogP contribution in [0.15, 0.2) is 120 Å². The van der Waals surface area contributed by atoms with E-state index < -0.39 is 220 Å². The lowest BCUT2D eigenvalue weighted by atomic mass is 9.98. The lowest BCUT2D eigenvalue weighted by molar-refractivity contribution is -0.178. The van der Waals surface area contributed by atoms with Crippen LogP contribution in [0.1, 0.15) is 94.8 Å². The van der Waals surface area contributed by atoms with Gasteiger partial charge in [-0.1, -0.05) is 91.8 Å². The van der Waals surface area contributed by atoms with Gasteiger partial charge in [-0.2, -0.15) is 14.4 Å². The van der Waals surface area contributed by atoms with Crippen LogP contribution in [0.2, 0.25) is 0 Å². The number of aromatic nitrogens is 8. The number of carbonyl (C=O) groups excluding carboxylic acids is 6. The van der Waals surface area contributed by atoms with Crippen LogP contribution in [0.3, 0.4) is 0 Å². The van der Waals surface area contributed by atoms with Gasteiger partial charge in [0.05, 0.1) is 66.5 Å². The van der Waals surface area contributed by atoms with Crippen LogP contribution in [0.25, 0.3) is 0 Å². The number of H-pyrrole nitrogens is 3. The first-order valence-corrected chi connectivity index (χ1v) is 32.8. The summed E-state index contributed by atoms with van der Waals surface area (Å²) in [7, 11) is 0. The number of carbonyl (C=O) groups is 6. The van der Waals surface area contributed by atoms with Gasteiger partial charge in [-0.05, 0) is 24.3 Å². The highest BCUT2D eigenvalue weighted by Gasteiger charge is 2.62. The highest BCUT2D eigenvalue weighted by molar-refractivity contribution is 6.19. The highest BCUT2D eigenvalue weighted by Crippen LogP contribution is 2.44. The van der Waals surface area contributed by atoms with Crippen molar-refractivity contribution in [1.82, 2.24) is 38.6 Å². The van der Waals surface area contributed by atoms with E-state index in [-0.39, 0.29) is 17.3 Å². The normalized spacial score (nSPS) is 23.9. The Bertz CT molecular complexity index is 4400. The van der Waals surface area contributed by atoms with Gasteiger partial charge in [0.15, 0.2) is 83.9 Å². The smallest absolute Gasteiger partial charge is 0.351 e. The van der Waals surface area contributed by atoms with Crippen LogP contribution in [0.4, 0.5) is 38.0 Å². The molecule has 3 aliphatic rings. The van der Waals surface area contributed by atoms with Crippen LogP contribution >= 0.6 is 34.8 Å². The van der Waals surface area contributed by atoms with Gasteiger partial charge in [-0.15, -0.1) is 34.8 Å². The van der Waals surface area contributed by atoms with Crippen LogP contribution < -0.4 is 44.5 Å². The van der Waals surface area contributed by atoms with E-state index in [1.54, 1.807) is 95.1 Å². The largest absolute Gasteiger partial charge is 0.462 e. The summed E-state index contributed by atoms with van der Waals surface area (Å²) in [4.78, 5) is 154. The first kappa shape index (κ1) is 83.6. The maximum atomic E-state index is 15.8. The Kier molecular flexibility index (Phi) is 29.2. The number of aliphatic hydroxyl groups is 2. The molecule has 566 valence electrons. The number of rotatable bonds is 21. The molecule has 4 aromatic heterocycles. The Morgan fingerprint density at radius 3 is 1.44 bits per heavy atom. The molecular formula is C64H71Cl3F6N10O21. The number of hydrogen-bond donors (Lipinski definition) is 7. The number of hydrogen-bond acceptors (Lipinski definition) is 23. The van der Waals surface area contributed by atoms with Crippen molar-refractivity contribution in [3.63, 3.8) is 0 Å². The number of anilines is 2. The zero-order chi connectivity index (χ0) is 77.5. The monoisotopic (exact) mass is 1530 g/mol. The number of ether oxygens (including phenoxy) is 7. The highest BCUT2D eigenvalue weighted by atomic mass is 35.5. The predicted octanol–water partition coefficient (Wildman–Crippen LogP) is 4.43. The average molecular weight is 1540 g/mol. The van der Waals surface area contributed by atoms with Crippen molar-refractivity contribution < 1.29 is 98.5 Å². The second kappa shape index (κ2) is 36.4. The molecule has 3 saturated heterocycles. The first-order valence-electron chi connectivity index (χ1n) is 31.2. The summed E-state index contributed by atoms with van der Waals surface area (Å²) in [6.45, 7) is 10.7. The summed E-state index contributed by atoms with van der Waals surface area (Å²) in [5.41, 5.74) is -10.7. The number of halogens is 9. The number of alkyl halides is 6. The average Bonchev–Trinajstić information content (AvgIpc) is 1.62. The van der Waals surface area contributed by atoms with Crippen molar-refractivity contribution in [3.05, 3.63) is 183 Å². The third kappa shape index (κ3) is 19.9. The lowest BCUT2D eigenvalue weighted by Crippen LogP contribution is -2.51. The van der Waals surface area contributed by atoms with Crippen LogP contribution in [-0.2, 0) is 52.3 Å². The Balaban J connectivity index is 0.000000228. The zero-order valence-corrected chi connectivity index (χ0v) is 58.5. The van der Waals surface area contributed by atoms with Gasteiger partial charge in [-0.3, -0.25) is 67.0 Å². The molecule has 7 N–H and O–H groups in total. The Labute approximate surface area is 599 Å². The van der Waals surface area contributed by atoms with Crippen molar-refractivity contribution in [3.8, 4) is 0 Å². The molecule has 6 aromatic rings. The van der Waals surface area contributed by atoms with Crippen LogP contribution in [0, 0.1) is 41.1 Å². The number of benzene rings is 2. The second-order valence-corrected chi connectivity index (χ2v) is 25.2. The number of esters is 4. The van der Waals surface area contributed by atoms with Gasteiger partial charge in [0.25, 0.3) is 22.9 Å². The fourth-order valence-electron chi connectivity index (χ4n) is 9.48. The Morgan fingerprint density at radius 1 is 0.567 bits per heavy atom. The van der Waals surface area contributed by atoms with E-state index in [2.05, 4.69) is 25.6 Å². The molecule has 2 amide bonds. The number of amides is 2. The first-order chi connectivity index (χ1) is 48.9. The maximum absolute atomic E-state index is 15.8. The summed E-state index contributed by atoms with van der Waals surface area (Å²) >= 11 is 17.7. The van der Waals surface area contributed by atoms with Gasteiger partial charge in [0.1, 0.15) is 24.9 Å². The van der Waals surface area contributed by atoms with E-state index in [0.717, 1.165) is 23.0 Å². The standard InChI is InChI=1S/C25H28ClF2N3O7.C18H24ClFN2O7.C11H8FN3O2.C10H11ClF2N2O5/c1-13(2)22(33)36-12-25(11-26)18(37-23(34)14(3)4)17(28)21(38-25)31-10-16(27)19(30-24(31)35)29-20(32)15-8-6-5-7-9-15;1-9(2)15(24)27-8-18(7-19)13(28-16(25)10(3)4)12(20)14(29-18)22-6-5-11(23)21-17(22)26;12-8-6-13-11(17)15-9(8)14-10(16)7-4-2-1-3-5-7;11-2-10(3-16)6(17)5(13)8(20-10)15-1-4(12)7(18)14-9(15)19/h5-10,13-14,17-18,21H,11-12H2,1-4H3,(H,29,30,32,35);5-6,9-10,12-14H,7-8H2,1-4H3,(H,21,23,26);1-6H,(H2,13,14,15,16,17);1,5-6,8,16-17H,2-3H2,(H,14,18,19)/t17-,18+,21-,25-;12-,13+,14-,18-;;5-,6+,8-,10-/m11.1/s1. The molecule has 31 nitrogen and oxygen atoms in total. The minimum absolute atomic E-state index is 0.193. The molecule has 0 bridgehead atoms. The van der Waals surface area contributed by atoms with Crippen molar-refractivity contribution in [2.45, 2.75) is 128 Å². The van der Waals surface area contributed by atoms with E-state index in [9.17, 15) is 85.3 Å². The molecule has 0 unspecified atom stereocenters. The van der Waals surface area contributed by atoms with Gasteiger partial charge in [0, 0.05) is 23.4 Å².